The minimum Gasteiger partial charge on any atom is -0.325 e. The van der Waals surface area contributed by atoms with E-state index in [4.69, 9.17) is 5.73 Å². The maximum absolute atomic E-state index is 13.3. The number of nitrogens with two attached hydrogens (primary N) is 1. The van der Waals surface area contributed by atoms with Crippen LogP contribution in [0, 0.1) is 11.3 Å². The first-order chi connectivity index (χ1) is 8.99. The van der Waals surface area contributed by atoms with Crippen LogP contribution in [0.5, 0.6) is 0 Å². The van der Waals surface area contributed by atoms with Crippen molar-refractivity contribution in [2.24, 2.45) is 17.1 Å². The van der Waals surface area contributed by atoms with Gasteiger partial charge in [-0.2, -0.15) is 0 Å². The van der Waals surface area contributed by atoms with Crippen molar-refractivity contribution in [3.63, 3.8) is 0 Å². The lowest BCUT2D eigenvalue weighted by Crippen LogP contribution is -2.48. The summed E-state index contributed by atoms with van der Waals surface area (Å²) in [6.45, 7) is 3.67. The Kier molecular flexibility index (Phi) is 6.98. The minimum atomic E-state index is -0.932. The van der Waals surface area contributed by atoms with Gasteiger partial charge in [0.25, 0.3) is 0 Å². The van der Waals surface area contributed by atoms with Gasteiger partial charge in [-0.05, 0) is 18.8 Å². The summed E-state index contributed by atoms with van der Waals surface area (Å²) in [5.74, 6) is -0.00579. The fourth-order valence-electron chi connectivity index (χ4n) is 3.19. The lowest BCUT2D eigenvalue weighted by molar-refractivity contribution is -0.118. The van der Waals surface area contributed by atoms with E-state index in [0.29, 0.717) is 6.42 Å². The SMILES string of the molecule is C1CCCCC1.CC(C)(C=O)C1CCCC(F)C1N. The van der Waals surface area contributed by atoms with Crippen molar-refractivity contribution in [2.45, 2.75) is 83.8 Å². The Morgan fingerprint density at radius 1 is 1.00 bits per heavy atom. The monoisotopic (exact) mass is 271 g/mol. The van der Waals surface area contributed by atoms with Crippen molar-refractivity contribution in [3.8, 4) is 0 Å². The van der Waals surface area contributed by atoms with E-state index < -0.39 is 17.6 Å². The number of halogens is 1. The molecule has 2 rings (SSSR count). The predicted molar refractivity (Wildman–Crippen MR) is 77.8 cm³/mol. The number of rotatable bonds is 2. The van der Waals surface area contributed by atoms with Gasteiger partial charge in [-0.1, -0.05) is 58.8 Å². The molecule has 2 aliphatic rings. The Hall–Kier alpha value is -0.440. The first-order valence-corrected chi connectivity index (χ1v) is 7.85. The van der Waals surface area contributed by atoms with Gasteiger partial charge in [-0.3, -0.25) is 0 Å². The van der Waals surface area contributed by atoms with E-state index in [1.807, 2.05) is 13.8 Å². The van der Waals surface area contributed by atoms with E-state index >= 15 is 0 Å². The third-order valence-corrected chi connectivity index (χ3v) is 4.64. The van der Waals surface area contributed by atoms with Gasteiger partial charge in [-0.15, -0.1) is 0 Å². The summed E-state index contributed by atoms with van der Waals surface area (Å²) in [5.41, 5.74) is 5.27. The van der Waals surface area contributed by atoms with E-state index in [9.17, 15) is 9.18 Å². The molecular formula is C16H30FNO. The van der Waals surface area contributed by atoms with Gasteiger partial charge in [0.05, 0.1) is 0 Å². The van der Waals surface area contributed by atoms with E-state index in [1.54, 1.807) is 0 Å². The van der Waals surface area contributed by atoms with Crippen molar-refractivity contribution in [1.29, 1.82) is 0 Å². The highest BCUT2D eigenvalue weighted by Crippen LogP contribution is 2.37. The summed E-state index contributed by atoms with van der Waals surface area (Å²) in [4.78, 5) is 10.8. The van der Waals surface area contributed by atoms with Crippen LogP contribution in [0.15, 0.2) is 0 Å². The quantitative estimate of drug-likeness (QED) is 0.771. The molecule has 2 aliphatic carbocycles. The van der Waals surface area contributed by atoms with Gasteiger partial charge in [0, 0.05) is 11.5 Å². The molecule has 19 heavy (non-hydrogen) atoms. The Bertz CT molecular complexity index is 252. The minimum absolute atomic E-state index is 0.00579. The molecular weight excluding hydrogens is 241 g/mol. The highest BCUT2D eigenvalue weighted by molar-refractivity contribution is 5.58. The zero-order valence-electron chi connectivity index (χ0n) is 12.5. The number of aldehydes is 1. The van der Waals surface area contributed by atoms with Crippen molar-refractivity contribution in [2.75, 3.05) is 0 Å². The van der Waals surface area contributed by atoms with E-state index in [-0.39, 0.29) is 5.92 Å². The Morgan fingerprint density at radius 3 is 1.89 bits per heavy atom. The third-order valence-electron chi connectivity index (χ3n) is 4.64. The molecule has 0 spiro atoms. The molecule has 0 aromatic carbocycles. The van der Waals surface area contributed by atoms with Crippen LogP contribution in [0.4, 0.5) is 4.39 Å². The maximum atomic E-state index is 13.3. The van der Waals surface area contributed by atoms with Gasteiger partial charge >= 0.3 is 0 Å². The van der Waals surface area contributed by atoms with Gasteiger partial charge in [0.2, 0.25) is 0 Å². The average Bonchev–Trinajstić information content (AvgIpc) is 2.44. The van der Waals surface area contributed by atoms with E-state index in [2.05, 4.69) is 0 Å². The molecule has 112 valence electrons. The summed E-state index contributed by atoms with van der Waals surface area (Å²) in [6, 6.07) is -0.464. The smallest absolute Gasteiger partial charge is 0.125 e. The Morgan fingerprint density at radius 2 is 1.47 bits per heavy atom. The van der Waals surface area contributed by atoms with Crippen LogP contribution in [0.25, 0.3) is 0 Å². The average molecular weight is 271 g/mol. The van der Waals surface area contributed by atoms with Gasteiger partial charge in [0.15, 0.2) is 0 Å². The second-order valence-electron chi connectivity index (χ2n) is 6.69. The van der Waals surface area contributed by atoms with Crippen LogP contribution in [-0.2, 0) is 4.79 Å². The lowest BCUT2D eigenvalue weighted by Gasteiger charge is -2.39. The van der Waals surface area contributed by atoms with Gasteiger partial charge in [-0.25, -0.2) is 4.39 Å². The zero-order chi connectivity index (χ0) is 14.3. The fraction of sp³-hybridized carbons (Fsp3) is 0.938. The molecule has 0 heterocycles. The summed E-state index contributed by atoms with van der Waals surface area (Å²) >= 11 is 0. The van der Waals surface area contributed by atoms with Crippen LogP contribution in [0.2, 0.25) is 0 Å². The van der Waals surface area contributed by atoms with Crippen molar-refractivity contribution < 1.29 is 9.18 Å². The third kappa shape index (κ3) is 5.21. The van der Waals surface area contributed by atoms with Crippen LogP contribution < -0.4 is 5.73 Å². The Balaban J connectivity index is 0.000000250. The Labute approximate surface area is 117 Å². The second-order valence-corrected chi connectivity index (χ2v) is 6.69. The van der Waals surface area contributed by atoms with Crippen LogP contribution in [0.1, 0.15) is 71.6 Å². The molecule has 0 saturated heterocycles. The normalized spacial score (nSPS) is 32.1. The molecule has 3 atom stereocenters. The molecule has 0 radical (unpaired) electrons. The molecule has 2 N–H and O–H groups in total. The summed E-state index contributed by atoms with van der Waals surface area (Å²) < 4.78 is 13.3. The highest BCUT2D eigenvalue weighted by Gasteiger charge is 2.39. The molecule has 2 saturated carbocycles. The molecule has 3 unspecified atom stereocenters. The number of hydrogen-bond donors (Lipinski definition) is 1. The molecule has 0 aliphatic heterocycles. The van der Waals surface area contributed by atoms with E-state index in [0.717, 1.165) is 19.1 Å². The predicted octanol–water partition coefficient (Wildman–Crippen LogP) is 4.02. The summed E-state index contributed by atoms with van der Waals surface area (Å²) in [7, 11) is 0. The van der Waals surface area contributed by atoms with Crippen LogP contribution >= 0.6 is 0 Å². The molecule has 2 nitrogen and oxygen atoms in total. The van der Waals surface area contributed by atoms with Gasteiger partial charge in [0.1, 0.15) is 12.5 Å². The maximum Gasteiger partial charge on any atom is 0.125 e. The van der Waals surface area contributed by atoms with Crippen molar-refractivity contribution >= 4 is 6.29 Å². The highest BCUT2D eigenvalue weighted by atomic mass is 19.1. The second kappa shape index (κ2) is 7.98. The first kappa shape index (κ1) is 16.6. The van der Waals surface area contributed by atoms with E-state index in [1.165, 1.54) is 38.5 Å². The molecule has 0 bridgehead atoms. The molecule has 0 amide bonds. The number of alkyl halides is 1. The van der Waals surface area contributed by atoms with Gasteiger partial charge < -0.3 is 10.5 Å². The lowest BCUT2D eigenvalue weighted by atomic mass is 9.69. The fourth-order valence-corrected chi connectivity index (χ4v) is 3.19. The number of carbonyl (C=O) groups is 1. The molecule has 2 fully saturated rings. The first-order valence-electron chi connectivity index (χ1n) is 7.85. The van der Waals surface area contributed by atoms with Crippen LogP contribution in [0.3, 0.4) is 0 Å². The summed E-state index contributed by atoms with van der Waals surface area (Å²) in [5, 5.41) is 0. The molecule has 0 aromatic heterocycles. The zero-order valence-corrected chi connectivity index (χ0v) is 12.5. The summed E-state index contributed by atoms with van der Waals surface area (Å²) in [6.07, 6.45) is 11.2. The standard InChI is InChI=1S/C10H18FNO.C6H12/c1-10(2,6-13)7-4-3-5-8(11)9(7)12;1-2-4-6-5-3-1/h6-9H,3-5,12H2,1-2H3;1-6H2. The topological polar surface area (TPSA) is 43.1 Å². The molecule has 3 heteroatoms. The molecule has 0 aromatic rings. The van der Waals surface area contributed by atoms with Crippen molar-refractivity contribution in [3.05, 3.63) is 0 Å². The number of carbonyl (C=O) groups excluding carboxylic acids is 1. The van der Waals surface area contributed by atoms with Crippen molar-refractivity contribution in [1.82, 2.24) is 0 Å². The van der Waals surface area contributed by atoms with Crippen LogP contribution in [-0.4, -0.2) is 18.5 Å². The largest absolute Gasteiger partial charge is 0.325 e. The number of hydrogen-bond acceptors (Lipinski definition) is 2.